The second-order valence-corrected chi connectivity index (χ2v) is 8.53. The summed E-state index contributed by atoms with van der Waals surface area (Å²) in [5.74, 6) is 0.695. The molecule has 2 atom stereocenters. The summed E-state index contributed by atoms with van der Waals surface area (Å²) in [5.41, 5.74) is 5.94. The average Bonchev–Trinajstić information content (AvgIpc) is 3.02. The molecule has 3 amide bonds. The minimum absolute atomic E-state index is 0.427. The number of rotatable bonds is 9. The Hall–Kier alpha value is -2.06. The molecule has 0 saturated carbocycles. The van der Waals surface area contributed by atoms with E-state index in [4.69, 9.17) is 17.3 Å². The third-order valence-corrected chi connectivity index (χ3v) is 5.59. The quantitative estimate of drug-likeness (QED) is 0.591. The molecule has 0 radical (unpaired) electrons. The van der Waals surface area contributed by atoms with E-state index in [-0.39, 0.29) is 0 Å². The molecule has 2 aromatic rings. The summed E-state index contributed by atoms with van der Waals surface area (Å²) < 4.78 is 2.03. The number of carbonyl (C=O) groups is 2. The van der Waals surface area contributed by atoms with Gasteiger partial charge in [-0.3, -0.25) is 10.1 Å². The first-order valence-electron chi connectivity index (χ1n) is 9.27. The standard InChI is InChI=1S/C19H26ClN5O2S/c1-4-5-6-12(2)11-25-16(14-7-9-15(20)10-8-14)23-24-19(25)28-13(3)17(26)22-18(21)27/h7-10,12-13H,4-6,11H2,1-3H3,(H3,21,22,26,27)/t12-,13+/m1/s1. The zero-order valence-corrected chi connectivity index (χ0v) is 17.9. The van der Waals surface area contributed by atoms with E-state index < -0.39 is 17.2 Å². The lowest BCUT2D eigenvalue weighted by Crippen LogP contribution is -2.39. The van der Waals surface area contributed by atoms with E-state index in [1.54, 1.807) is 6.92 Å². The number of hydrogen-bond acceptors (Lipinski definition) is 5. The van der Waals surface area contributed by atoms with Crippen LogP contribution in [0.2, 0.25) is 5.02 Å². The van der Waals surface area contributed by atoms with Gasteiger partial charge in [0.05, 0.1) is 5.25 Å². The predicted molar refractivity (Wildman–Crippen MR) is 112 cm³/mol. The topological polar surface area (TPSA) is 103 Å². The van der Waals surface area contributed by atoms with Crippen LogP contribution < -0.4 is 11.1 Å². The molecule has 1 heterocycles. The first kappa shape index (κ1) is 22.2. The lowest BCUT2D eigenvalue weighted by Gasteiger charge is -2.17. The number of amides is 3. The van der Waals surface area contributed by atoms with Crippen LogP contribution in [0, 0.1) is 5.92 Å². The van der Waals surface area contributed by atoms with Gasteiger partial charge in [0, 0.05) is 17.1 Å². The number of primary amides is 1. The summed E-state index contributed by atoms with van der Waals surface area (Å²) in [6.45, 7) is 6.80. The Morgan fingerprint density at radius 3 is 2.54 bits per heavy atom. The van der Waals surface area contributed by atoms with Gasteiger partial charge in [-0.1, -0.05) is 50.1 Å². The van der Waals surface area contributed by atoms with Crippen molar-refractivity contribution in [2.45, 2.75) is 57.0 Å². The second-order valence-electron chi connectivity index (χ2n) is 6.78. The highest BCUT2D eigenvalue weighted by Crippen LogP contribution is 2.29. The highest BCUT2D eigenvalue weighted by molar-refractivity contribution is 8.00. The zero-order valence-electron chi connectivity index (χ0n) is 16.3. The maximum atomic E-state index is 12.0. The molecular formula is C19H26ClN5O2S. The SMILES string of the molecule is CCCC[C@@H](C)Cn1c(S[C@@H](C)C(=O)NC(N)=O)nnc1-c1ccc(Cl)cc1. The maximum Gasteiger partial charge on any atom is 0.318 e. The van der Waals surface area contributed by atoms with Gasteiger partial charge >= 0.3 is 6.03 Å². The highest BCUT2D eigenvalue weighted by Gasteiger charge is 2.22. The van der Waals surface area contributed by atoms with Crippen LogP contribution in [-0.2, 0) is 11.3 Å². The lowest BCUT2D eigenvalue weighted by atomic mass is 10.0. The molecule has 0 unspecified atom stereocenters. The number of nitrogens with two attached hydrogens (primary N) is 1. The van der Waals surface area contributed by atoms with Gasteiger partial charge in [-0.05, 0) is 43.5 Å². The Morgan fingerprint density at radius 1 is 1.25 bits per heavy atom. The molecule has 28 heavy (non-hydrogen) atoms. The van der Waals surface area contributed by atoms with Gasteiger partial charge in [0.2, 0.25) is 5.91 Å². The van der Waals surface area contributed by atoms with Gasteiger partial charge in [0.15, 0.2) is 11.0 Å². The number of urea groups is 1. The van der Waals surface area contributed by atoms with Crippen molar-refractivity contribution >= 4 is 35.3 Å². The number of hydrogen-bond donors (Lipinski definition) is 2. The molecule has 1 aromatic heterocycles. The van der Waals surface area contributed by atoms with Crippen LogP contribution in [0.25, 0.3) is 11.4 Å². The third kappa shape index (κ3) is 6.24. The van der Waals surface area contributed by atoms with E-state index in [2.05, 4.69) is 29.4 Å². The number of nitrogens with one attached hydrogen (secondary N) is 1. The van der Waals surface area contributed by atoms with Crippen molar-refractivity contribution in [2.24, 2.45) is 11.7 Å². The smallest absolute Gasteiger partial charge is 0.318 e. The number of imide groups is 1. The molecule has 0 spiro atoms. The van der Waals surface area contributed by atoms with Crippen LogP contribution in [0.4, 0.5) is 4.79 Å². The molecule has 0 aliphatic heterocycles. The summed E-state index contributed by atoms with van der Waals surface area (Å²) in [6, 6.07) is 6.56. The summed E-state index contributed by atoms with van der Waals surface area (Å²) >= 11 is 7.25. The van der Waals surface area contributed by atoms with Crippen molar-refractivity contribution < 1.29 is 9.59 Å². The molecule has 0 bridgehead atoms. The Kier molecular flexibility index (Phi) is 8.32. The largest absolute Gasteiger partial charge is 0.351 e. The summed E-state index contributed by atoms with van der Waals surface area (Å²) in [4.78, 5) is 23.0. The van der Waals surface area contributed by atoms with Crippen molar-refractivity contribution in [3.8, 4) is 11.4 Å². The molecule has 1 aromatic carbocycles. The van der Waals surface area contributed by atoms with E-state index in [1.165, 1.54) is 11.8 Å². The maximum absolute atomic E-state index is 12.0. The van der Waals surface area contributed by atoms with Crippen molar-refractivity contribution in [3.63, 3.8) is 0 Å². The number of nitrogens with zero attached hydrogens (tertiary/aromatic N) is 3. The summed E-state index contributed by atoms with van der Waals surface area (Å²) in [5, 5.41) is 11.5. The minimum Gasteiger partial charge on any atom is -0.351 e. The van der Waals surface area contributed by atoms with Crippen molar-refractivity contribution in [2.75, 3.05) is 0 Å². The average molecular weight is 424 g/mol. The Morgan fingerprint density at radius 2 is 1.93 bits per heavy atom. The molecule has 0 fully saturated rings. The molecule has 0 saturated heterocycles. The van der Waals surface area contributed by atoms with Crippen LogP contribution in [0.15, 0.2) is 29.4 Å². The number of aromatic nitrogens is 3. The van der Waals surface area contributed by atoms with Gasteiger partial charge in [-0.25, -0.2) is 4.79 Å². The number of unbranched alkanes of at least 4 members (excludes halogenated alkanes) is 1. The van der Waals surface area contributed by atoms with Gasteiger partial charge in [0.1, 0.15) is 0 Å². The van der Waals surface area contributed by atoms with Crippen molar-refractivity contribution in [1.82, 2.24) is 20.1 Å². The molecular weight excluding hydrogens is 398 g/mol. The number of benzene rings is 1. The summed E-state index contributed by atoms with van der Waals surface area (Å²) in [7, 11) is 0. The number of thioether (sulfide) groups is 1. The van der Waals surface area contributed by atoms with E-state index in [0.717, 1.165) is 37.2 Å². The van der Waals surface area contributed by atoms with E-state index in [0.29, 0.717) is 16.1 Å². The molecule has 0 aliphatic rings. The molecule has 7 nitrogen and oxygen atoms in total. The Balaban J connectivity index is 2.29. The lowest BCUT2D eigenvalue weighted by molar-refractivity contribution is -0.119. The first-order valence-corrected chi connectivity index (χ1v) is 10.5. The fourth-order valence-electron chi connectivity index (χ4n) is 2.74. The molecule has 0 aliphatic carbocycles. The molecule has 152 valence electrons. The van der Waals surface area contributed by atoms with Crippen LogP contribution in [0.5, 0.6) is 0 Å². The minimum atomic E-state index is -0.867. The second kappa shape index (κ2) is 10.5. The van der Waals surface area contributed by atoms with Gasteiger partial charge in [-0.2, -0.15) is 0 Å². The van der Waals surface area contributed by atoms with Gasteiger partial charge in [-0.15, -0.1) is 10.2 Å². The number of carbonyl (C=O) groups excluding carboxylic acids is 2. The zero-order chi connectivity index (χ0) is 20.7. The van der Waals surface area contributed by atoms with Gasteiger partial charge < -0.3 is 10.3 Å². The first-order chi connectivity index (χ1) is 13.3. The van der Waals surface area contributed by atoms with Crippen molar-refractivity contribution in [3.05, 3.63) is 29.3 Å². The normalized spacial score (nSPS) is 13.1. The van der Waals surface area contributed by atoms with Gasteiger partial charge in [0.25, 0.3) is 0 Å². The Labute approximate surface area is 174 Å². The van der Waals surface area contributed by atoms with Crippen LogP contribution in [-0.4, -0.2) is 32.0 Å². The molecule has 3 N–H and O–H groups in total. The monoisotopic (exact) mass is 423 g/mol. The van der Waals surface area contributed by atoms with Crippen LogP contribution >= 0.6 is 23.4 Å². The number of halogens is 1. The molecule has 9 heteroatoms. The predicted octanol–water partition coefficient (Wildman–Crippen LogP) is 4.10. The highest BCUT2D eigenvalue weighted by atomic mass is 35.5. The fraction of sp³-hybridized carbons (Fsp3) is 0.474. The van der Waals surface area contributed by atoms with E-state index in [1.807, 2.05) is 28.8 Å². The van der Waals surface area contributed by atoms with E-state index >= 15 is 0 Å². The van der Waals surface area contributed by atoms with Crippen molar-refractivity contribution in [1.29, 1.82) is 0 Å². The Bertz CT molecular complexity index is 809. The van der Waals surface area contributed by atoms with Crippen LogP contribution in [0.3, 0.4) is 0 Å². The molecule has 2 rings (SSSR count). The fourth-order valence-corrected chi connectivity index (χ4v) is 3.73. The van der Waals surface area contributed by atoms with Crippen LogP contribution in [0.1, 0.15) is 40.0 Å². The summed E-state index contributed by atoms with van der Waals surface area (Å²) in [6.07, 6.45) is 3.39. The third-order valence-electron chi connectivity index (χ3n) is 4.26. The van der Waals surface area contributed by atoms with E-state index in [9.17, 15) is 9.59 Å².